The Balaban J connectivity index is 1.74. The molecule has 0 bridgehead atoms. The Bertz CT molecular complexity index is 1220. The van der Waals surface area contributed by atoms with Gasteiger partial charge in [0.25, 0.3) is 0 Å². The molecule has 0 spiro atoms. The lowest BCUT2D eigenvalue weighted by atomic mass is 9.98. The van der Waals surface area contributed by atoms with Crippen LogP contribution in [0.15, 0.2) is 47.4 Å². The highest BCUT2D eigenvalue weighted by molar-refractivity contribution is 7.89. The molecule has 1 atom stereocenters. The molecule has 0 N–H and O–H groups in total. The average molecular weight is 500 g/mol. The van der Waals surface area contributed by atoms with Gasteiger partial charge in [0.15, 0.2) is 0 Å². The molecule has 0 saturated heterocycles. The fourth-order valence-electron chi connectivity index (χ4n) is 4.89. The number of hydrogen-bond acceptors (Lipinski definition) is 5. The van der Waals surface area contributed by atoms with Crippen molar-refractivity contribution < 1.29 is 22.7 Å². The molecule has 2 amide bonds. The Kier molecular flexibility index (Phi) is 7.19. The third-order valence-corrected chi connectivity index (χ3v) is 8.55. The second kappa shape index (κ2) is 9.99. The van der Waals surface area contributed by atoms with Gasteiger partial charge in [0.1, 0.15) is 6.10 Å². The first-order valence-corrected chi connectivity index (χ1v) is 13.5. The van der Waals surface area contributed by atoms with Crippen molar-refractivity contribution in [2.24, 2.45) is 0 Å². The summed E-state index contributed by atoms with van der Waals surface area (Å²) in [7, 11) is -0.608. The SMILES string of the molecule is CC(=O)N1c2ccc(-c3cccc(S(=O)(=O)N(C)C)c3)cc2N(C(=O)OC2CCCCC2)CC1C. The minimum absolute atomic E-state index is 0.0862. The summed E-state index contributed by atoms with van der Waals surface area (Å²) in [4.78, 5) is 29.2. The minimum Gasteiger partial charge on any atom is -0.446 e. The zero-order valence-corrected chi connectivity index (χ0v) is 21.5. The second-order valence-corrected chi connectivity index (χ2v) is 11.7. The first-order valence-electron chi connectivity index (χ1n) is 12.0. The summed E-state index contributed by atoms with van der Waals surface area (Å²) in [5, 5.41) is 0. The van der Waals surface area contributed by atoms with Crippen molar-refractivity contribution in [1.29, 1.82) is 0 Å². The van der Waals surface area contributed by atoms with E-state index in [0.717, 1.165) is 37.7 Å². The van der Waals surface area contributed by atoms with Crippen molar-refractivity contribution in [2.45, 2.75) is 63.0 Å². The van der Waals surface area contributed by atoms with Crippen LogP contribution >= 0.6 is 0 Å². The standard InChI is InChI=1S/C26H33N3O5S/c1-18-17-28(26(31)34-22-10-6-5-7-11-22)25-16-21(13-14-24(25)29(18)19(2)30)20-9-8-12-23(15-20)35(32,33)27(3)4/h8-9,12-16,18,22H,5-7,10-11,17H2,1-4H3. The van der Waals surface area contributed by atoms with E-state index >= 15 is 0 Å². The summed E-state index contributed by atoms with van der Waals surface area (Å²) in [6.45, 7) is 3.74. The number of ether oxygens (including phenoxy) is 1. The minimum atomic E-state index is -3.60. The van der Waals surface area contributed by atoms with Gasteiger partial charge in [-0.3, -0.25) is 9.69 Å². The maximum absolute atomic E-state index is 13.3. The van der Waals surface area contributed by atoms with Crippen LogP contribution in [0.2, 0.25) is 0 Å². The first-order chi connectivity index (χ1) is 16.6. The van der Waals surface area contributed by atoms with Crippen molar-refractivity contribution in [3.8, 4) is 11.1 Å². The number of carbonyl (C=O) groups is 2. The fourth-order valence-corrected chi connectivity index (χ4v) is 5.84. The van der Waals surface area contributed by atoms with Gasteiger partial charge < -0.3 is 9.64 Å². The molecule has 188 valence electrons. The van der Waals surface area contributed by atoms with E-state index in [1.165, 1.54) is 25.3 Å². The van der Waals surface area contributed by atoms with Crippen molar-refractivity contribution in [3.05, 3.63) is 42.5 Å². The zero-order valence-electron chi connectivity index (χ0n) is 20.7. The molecular formula is C26H33N3O5S. The van der Waals surface area contributed by atoms with Crippen LogP contribution in [0.5, 0.6) is 0 Å². The van der Waals surface area contributed by atoms with Gasteiger partial charge in [-0.25, -0.2) is 17.5 Å². The molecular weight excluding hydrogens is 466 g/mol. The molecule has 1 unspecified atom stereocenters. The number of nitrogens with zero attached hydrogens (tertiary/aromatic N) is 3. The molecule has 1 fully saturated rings. The smallest absolute Gasteiger partial charge is 0.414 e. The molecule has 1 aliphatic heterocycles. The number of anilines is 2. The van der Waals surface area contributed by atoms with Crippen LogP contribution in [-0.2, 0) is 19.6 Å². The molecule has 1 saturated carbocycles. The highest BCUT2D eigenvalue weighted by Gasteiger charge is 2.35. The Morgan fingerprint density at radius 2 is 1.66 bits per heavy atom. The molecule has 1 aliphatic carbocycles. The van der Waals surface area contributed by atoms with Gasteiger partial charge in [-0.15, -0.1) is 0 Å². The third-order valence-electron chi connectivity index (χ3n) is 6.74. The van der Waals surface area contributed by atoms with Gasteiger partial charge in [-0.05, 0) is 68.0 Å². The van der Waals surface area contributed by atoms with Gasteiger partial charge in [-0.2, -0.15) is 0 Å². The lowest BCUT2D eigenvalue weighted by molar-refractivity contribution is -0.117. The lowest BCUT2D eigenvalue weighted by Gasteiger charge is -2.41. The van der Waals surface area contributed by atoms with Crippen LogP contribution in [-0.4, -0.2) is 57.5 Å². The topological polar surface area (TPSA) is 87.2 Å². The molecule has 9 heteroatoms. The number of rotatable bonds is 4. The molecule has 2 aromatic rings. The number of hydrogen-bond donors (Lipinski definition) is 0. The molecule has 2 aliphatic rings. The van der Waals surface area contributed by atoms with Crippen LogP contribution in [0, 0.1) is 0 Å². The van der Waals surface area contributed by atoms with E-state index < -0.39 is 16.1 Å². The van der Waals surface area contributed by atoms with E-state index in [9.17, 15) is 18.0 Å². The number of benzene rings is 2. The van der Waals surface area contributed by atoms with Gasteiger partial charge >= 0.3 is 6.09 Å². The summed E-state index contributed by atoms with van der Waals surface area (Å²) >= 11 is 0. The van der Waals surface area contributed by atoms with E-state index in [1.807, 2.05) is 31.2 Å². The number of sulfonamides is 1. The largest absolute Gasteiger partial charge is 0.446 e. The van der Waals surface area contributed by atoms with Crippen LogP contribution in [0.4, 0.5) is 16.2 Å². The van der Waals surface area contributed by atoms with Crippen molar-refractivity contribution >= 4 is 33.4 Å². The molecule has 2 aromatic carbocycles. The van der Waals surface area contributed by atoms with E-state index in [-0.39, 0.29) is 22.9 Å². The van der Waals surface area contributed by atoms with Crippen molar-refractivity contribution in [1.82, 2.24) is 4.31 Å². The number of carbonyl (C=O) groups excluding carboxylic acids is 2. The highest BCUT2D eigenvalue weighted by Crippen LogP contribution is 2.40. The van der Waals surface area contributed by atoms with Crippen molar-refractivity contribution in [2.75, 3.05) is 30.4 Å². The lowest BCUT2D eigenvalue weighted by Crippen LogP contribution is -2.52. The predicted octanol–water partition coefficient (Wildman–Crippen LogP) is 4.63. The predicted molar refractivity (Wildman–Crippen MR) is 136 cm³/mol. The summed E-state index contributed by atoms with van der Waals surface area (Å²) in [6.07, 6.45) is 4.52. The van der Waals surface area contributed by atoms with Gasteiger partial charge in [0, 0.05) is 27.6 Å². The van der Waals surface area contributed by atoms with Crippen LogP contribution in [0.25, 0.3) is 11.1 Å². The quantitative estimate of drug-likeness (QED) is 0.612. The summed E-state index contributed by atoms with van der Waals surface area (Å²) in [5.41, 5.74) is 2.66. The Morgan fingerprint density at radius 1 is 0.971 bits per heavy atom. The Hall–Kier alpha value is -2.91. The Labute approximate surface area is 207 Å². The van der Waals surface area contributed by atoms with E-state index in [4.69, 9.17) is 4.74 Å². The molecule has 35 heavy (non-hydrogen) atoms. The van der Waals surface area contributed by atoms with Gasteiger partial charge in [0.2, 0.25) is 15.9 Å². The van der Waals surface area contributed by atoms with Gasteiger partial charge in [-0.1, -0.05) is 24.6 Å². The van der Waals surface area contributed by atoms with Crippen LogP contribution in [0.1, 0.15) is 46.0 Å². The first kappa shape index (κ1) is 25.2. The molecule has 8 nitrogen and oxygen atoms in total. The summed E-state index contributed by atoms with van der Waals surface area (Å²) < 4.78 is 32.3. The van der Waals surface area contributed by atoms with Crippen LogP contribution in [0.3, 0.4) is 0 Å². The maximum Gasteiger partial charge on any atom is 0.414 e. The van der Waals surface area contributed by atoms with Crippen LogP contribution < -0.4 is 9.80 Å². The van der Waals surface area contributed by atoms with Gasteiger partial charge in [0.05, 0.1) is 22.3 Å². The van der Waals surface area contributed by atoms with E-state index in [1.54, 1.807) is 28.0 Å². The van der Waals surface area contributed by atoms with E-state index in [0.29, 0.717) is 23.5 Å². The summed E-state index contributed by atoms with van der Waals surface area (Å²) in [5.74, 6) is -0.106. The summed E-state index contributed by atoms with van der Waals surface area (Å²) in [6, 6.07) is 12.0. The monoisotopic (exact) mass is 499 g/mol. The number of fused-ring (bicyclic) bond motifs is 1. The second-order valence-electron chi connectivity index (χ2n) is 9.51. The number of amides is 2. The van der Waals surface area contributed by atoms with Crippen molar-refractivity contribution in [3.63, 3.8) is 0 Å². The maximum atomic E-state index is 13.3. The average Bonchev–Trinajstić information content (AvgIpc) is 2.83. The van der Waals surface area contributed by atoms with E-state index in [2.05, 4.69) is 0 Å². The normalized spacial score (nSPS) is 18.9. The molecule has 4 rings (SSSR count). The third kappa shape index (κ3) is 5.06. The molecule has 1 heterocycles. The molecule has 0 radical (unpaired) electrons. The Morgan fingerprint density at radius 3 is 2.31 bits per heavy atom. The molecule has 0 aromatic heterocycles. The fraction of sp³-hybridized carbons (Fsp3) is 0.462. The zero-order chi connectivity index (χ0) is 25.3. The highest BCUT2D eigenvalue weighted by atomic mass is 32.2.